The van der Waals surface area contributed by atoms with Crippen LogP contribution in [0.2, 0.25) is 0 Å². The number of benzene rings is 1. The Kier molecular flexibility index (Phi) is 6.23. The number of nitriles is 1. The molecular formula is C17H20N6O. The Balaban J connectivity index is 1.87. The third-order valence-electron chi connectivity index (χ3n) is 3.25. The van der Waals surface area contributed by atoms with E-state index in [9.17, 15) is 4.79 Å². The predicted octanol–water partition coefficient (Wildman–Crippen LogP) is 1.77. The summed E-state index contributed by atoms with van der Waals surface area (Å²) in [5, 5.41) is 14.6. The molecule has 24 heavy (non-hydrogen) atoms. The largest absolute Gasteiger partial charge is 0.352 e. The van der Waals surface area contributed by atoms with Gasteiger partial charge in [-0.05, 0) is 51.3 Å². The molecule has 0 saturated heterocycles. The van der Waals surface area contributed by atoms with E-state index in [2.05, 4.69) is 31.6 Å². The molecule has 0 spiro atoms. The van der Waals surface area contributed by atoms with Gasteiger partial charge in [-0.15, -0.1) is 0 Å². The molecule has 1 aromatic heterocycles. The van der Waals surface area contributed by atoms with Crippen molar-refractivity contribution in [1.29, 1.82) is 5.26 Å². The van der Waals surface area contributed by atoms with E-state index in [0.29, 0.717) is 23.6 Å². The summed E-state index contributed by atoms with van der Waals surface area (Å²) in [5.41, 5.74) is 1.78. The Hall–Kier alpha value is -2.98. The Morgan fingerprint density at radius 2 is 1.88 bits per heavy atom. The molecule has 0 radical (unpaired) electrons. The number of carbonyl (C=O) groups excluding carboxylic acids is 1. The summed E-state index contributed by atoms with van der Waals surface area (Å²) in [4.78, 5) is 22.3. The van der Waals surface area contributed by atoms with Gasteiger partial charge in [0.1, 0.15) is 0 Å². The number of nitrogens with one attached hydrogen (secondary N) is 2. The third-order valence-corrected chi connectivity index (χ3v) is 3.25. The number of amides is 1. The summed E-state index contributed by atoms with van der Waals surface area (Å²) < 4.78 is 0. The molecule has 0 aliphatic carbocycles. The van der Waals surface area contributed by atoms with Crippen LogP contribution in [0.5, 0.6) is 0 Å². The molecule has 124 valence electrons. The smallest absolute Gasteiger partial charge is 0.254 e. The lowest BCUT2D eigenvalue weighted by Gasteiger charge is -2.10. The molecule has 7 nitrogen and oxygen atoms in total. The Morgan fingerprint density at radius 1 is 1.21 bits per heavy atom. The van der Waals surface area contributed by atoms with Crippen molar-refractivity contribution in [1.82, 2.24) is 20.2 Å². The van der Waals surface area contributed by atoms with Crippen molar-refractivity contribution >= 4 is 17.5 Å². The Bertz CT molecular complexity index is 703. The molecule has 0 fully saturated rings. The van der Waals surface area contributed by atoms with Crippen LogP contribution in [0.25, 0.3) is 0 Å². The van der Waals surface area contributed by atoms with Crippen molar-refractivity contribution in [2.24, 2.45) is 0 Å². The van der Waals surface area contributed by atoms with Crippen LogP contribution in [-0.2, 0) is 0 Å². The number of nitrogens with zero attached hydrogens (tertiary/aromatic N) is 4. The molecule has 0 aliphatic rings. The van der Waals surface area contributed by atoms with Crippen LogP contribution < -0.4 is 10.6 Å². The lowest BCUT2D eigenvalue weighted by atomic mass is 10.2. The monoisotopic (exact) mass is 324 g/mol. The predicted molar refractivity (Wildman–Crippen MR) is 92.0 cm³/mol. The summed E-state index contributed by atoms with van der Waals surface area (Å²) in [6.45, 7) is 1.53. The number of carbonyl (C=O) groups is 1. The van der Waals surface area contributed by atoms with E-state index in [1.54, 1.807) is 24.3 Å². The number of aromatic nitrogens is 2. The molecular weight excluding hydrogens is 304 g/mol. The van der Waals surface area contributed by atoms with Crippen LogP contribution in [0.15, 0.2) is 36.7 Å². The van der Waals surface area contributed by atoms with Gasteiger partial charge in [-0.3, -0.25) is 4.79 Å². The third kappa shape index (κ3) is 5.34. The highest BCUT2D eigenvalue weighted by Crippen LogP contribution is 2.13. The molecule has 0 unspecified atom stereocenters. The number of rotatable bonds is 7. The van der Waals surface area contributed by atoms with Crippen LogP contribution in [0, 0.1) is 11.3 Å². The molecule has 2 aromatic rings. The summed E-state index contributed by atoms with van der Waals surface area (Å²) in [7, 11) is 3.99. The number of hydrogen-bond acceptors (Lipinski definition) is 6. The van der Waals surface area contributed by atoms with E-state index in [1.165, 1.54) is 12.4 Å². The first-order chi connectivity index (χ1) is 11.6. The molecule has 1 amide bonds. The SMILES string of the molecule is CN(C)CCCNC(=O)c1cnc(Nc2ccc(C#N)cc2)nc1. The van der Waals surface area contributed by atoms with Gasteiger partial charge in [-0.25, -0.2) is 9.97 Å². The second-order valence-electron chi connectivity index (χ2n) is 5.52. The fraction of sp³-hybridized carbons (Fsp3) is 0.294. The van der Waals surface area contributed by atoms with Crippen molar-refractivity contribution in [3.8, 4) is 6.07 Å². The van der Waals surface area contributed by atoms with Crippen molar-refractivity contribution in [3.05, 3.63) is 47.8 Å². The maximum Gasteiger partial charge on any atom is 0.254 e. The molecule has 0 aliphatic heterocycles. The highest BCUT2D eigenvalue weighted by Gasteiger charge is 2.07. The lowest BCUT2D eigenvalue weighted by Crippen LogP contribution is -2.27. The normalized spacial score (nSPS) is 10.2. The summed E-state index contributed by atoms with van der Waals surface area (Å²) in [6.07, 6.45) is 3.86. The minimum atomic E-state index is -0.182. The van der Waals surface area contributed by atoms with Crippen LogP contribution in [0.1, 0.15) is 22.3 Å². The molecule has 0 bridgehead atoms. The second-order valence-corrected chi connectivity index (χ2v) is 5.52. The Morgan fingerprint density at radius 3 is 2.46 bits per heavy atom. The van der Waals surface area contributed by atoms with E-state index in [-0.39, 0.29) is 5.91 Å². The van der Waals surface area contributed by atoms with Crippen LogP contribution >= 0.6 is 0 Å². The molecule has 0 saturated carbocycles. The zero-order valence-corrected chi connectivity index (χ0v) is 13.8. The minimum Gasteiger partial charge on any atom is -0.352 e. The maximum atomic E-state index is 12.0. The van der Waals surface area contributed by atoms with Crippen molar-refractivity contribution in [3.63, 3.8) is 0 Å². The van der Waals surface area contributed by atoms with Gasteiger partial charge in [0.2, 0.25) is 5.95 Å². The highest BCUT2D eigenvalue weighted by molar-refractivity contribution is 5.93. The quantitative estimate of drug-likeness (QED) is 0.754. The molecule has 7 heteroatoms. The van der Waals surface area contributed by atoms with Gasteiger partial charge in [0, 0.05) is 24.6 Å². The summed E-state index contributed by atoms with van der Waals surface area (Å²) >= 11 is 0. The van der Waals surface area contributed by atoms with Crippen LogP contribution in [-0.4, -0.2) is 48.0 Å². The molecule has 0 atom stereocenters. The van der Waals surface area contributed by atoms with E-state index in [1.807, 2.05) is 14.1 Å². The van der Waals surface area contributed by atoms with Crippen molar-refractivity contribution in [2.75, 3.05) is 32.5 Å². The molecule has 1 aromatic carbocycles. The summed E-state index contributed by atoms with van der Waals surface area (Å²) in [5.74, 6) is 0.211. The standard InChI is InChI=1S/C17H20N6O/c1-23(2)9-3-8-19-16(24)14-11-20-17(21-12-14)22-15-6-4-13(10-18)5-7-15/h4-7,11-12H,3,8-9H2,1-2H3,(H,19,24)(H,20,21,22). The average molecular weight is 324 g/mol. The topological polar surface area (TPSA) is 93.9 Å². The minimum absolute atomic E-state index is 0.182. The highest BCUT2D eigenvalue weighted by atomic mass is 16.1. The first-order valence-corrected chi connectivity index (χ1v) is 7.60. The average Bonchev–Trinajstić information content (AvgIpc) is 2.59. The maximum absolute atomic E-state index is 12.0. The van der Waals surface area contributed by atoms with Gasteiger partial charge < -0.3 is 15.5 Å². The fourth-order valence-corrected chi connectivity index (χ4v) is 1.97. The Labute approximate surface area is 141 Å². The van der Waals surface area contributed by atoms with Gasteiger partial charge in [0.05, 0.1) is 17.2 Å². The zero-order valence-electron chi connectivity index (χ0n) is 13.8. The number of hydrogen-bond donors (Lipinski definition) is 2. The van der Waals surface area contributed by atoms with E-state index >= 15 is 0 Å². The summed E-state index contributed by atoms with van der Waals surface area (Å²) in [6, 6.07) is 9.01. The van der Waals surface area contributed by atoms with Gasteiger partial charge in [0.25, 0.3) is 5.91 Å². The van der Waals surface area contributed by atoms with Crippen LogP contribution in [0.4, 0.5) is 11.6 Å². The first kappa shape index (κ1) is 17.4. The van der Waals surface area contributed by atoms with E-state index < -0.39 is 0 Å². The molecule has 2 rings (SSSR count). The number of anilines is 2. The van der Waals surface area contributed by atoms with Gasteiger partial charge in [0.15, 0.2) is 0 Å². The van der Waals surface area contributed by atoms with Gasteiger partial charge in [-0.2, -0.15) is 5.26 Å². The van der Waals surface area contributed by atoms with Crippen LogP contribution in [0.3, 0.4) is 0 Å². The lowest BCUT2D eigenvalue weighted by molar-refractivity contribution is 0.0951. The molecule has 1 heterocycles. The molecule has 2 N–H and O–H groups in total. The first-order valence-electron chi connectivity index (χ1n) is 7.60. The second kappa shape index (κ2) is 8.60. The van der Waals surface area contributed by atoms with Gasteiger partial charge >= 0.3 is 0 Å². The zero-order chi connectivity index (χ0) is 17.4. The van der Waals surface area contributed by atoms with Crippen molar-refractivity contribution in [2.45, 2.75) is 6.42 Å². The fourth-order valence-electron chi connectivity index (χ4n) is 1.97. The van der Waals surface area contributed by atoms with E-state index in [0.717, 1.165) is 18.7 Å². The van der Waals surface area contributed by atoms with E-state index in [4.69, 9.17) is 5.26 Å². The van der Waals surface area contributed by atoms with Gasteiger partial charge in [-0.1, -0.05) is 0 Å². The van der Waals surface area contributed by atoms with Crippen molar-refractivity contribution < 1.29 is 4.79 Å².